The van der Waals surface area contributed by atoms with E-state index in [1.165, 1.54) is 18.4 Å². The van der Waals surface area contributed by atoms with E-state index < -0.39 is 0 Å². The van der Waals surface area contributed by atoms with Gasteiger partial charge in [0.05, 0.1) is 0 Å². The normalized spacial score (nSPS) is 19.3. The minimum atomic E-state index is 1.02. The first-order chi connectivity index (χ1) is 4.88. The van der Waals surface area contributed by atoms with Gasteiger partial charge in [-0.2, -0.15) is 0 Å². The van der Waals surface area contributed by atoms with Gasteiger partial charge in [-0.3, -0.25) is 4.79 Å². The fourth-order valence-electron chi connectivity index (χ4n) is 1.54. The lowest BCUT2D eigenvalue weighted by atomic mass is 9.91. The fourth-order valence-corrected chi connectivity index (χ4v) is 1.54. The molecule has 1 rings (SSSR count). The monoisotopic (exact) mass is 138 g/mol. The molecule has 0 saturated heterocycles. The summed E-state index contributed by atoms with van der Waals surface area (Å²) in [6, 6.07) is 0. The van der Waals surface area contributed by atoms with Crippen molar-refractivity contribution in [3.63, 3.8) is 0 Å². The first-order valence-electron chi connectivity index (χ1n) is 4.04. The van der Waals surface area contributed by atoms with Gasteiger partial charge in [0.1, 0.15) is 6.29 Å². The molecular formula is C9H14O. The maximum absolute atomic E-state index is 10.5. The topological polar surface area (TPSA) is 17.1 Å². The third-order valence-corrected chi connectivity index (χ3v) is 2.20. The van der Waals surface area contributed by atoms with Crippen molar-refractivity contribution in [1.29, 1.82) is 0 Å². The Hall–Kier alpha value is -0.590. The molecule has 0 aromatic rings. The molecule has 0 bridgehead atoms. The third-order valence-electron chi connectivity index (χ3n) is 2.20. The number of hydrogen-bond donors (Lipinski definition) is 0. The van der Waals surface area contributed by atoms with E-state index in [1.54, 1.807) is 0 Å². The van der Waals surface area contributed by atoms with Crippen molar-refractivity contribution in [3.05, 3.63) is 11.1 Å². The first-order valence-corrected chi connectivity index (χ1v) is 4.04. The molecule has 1 aliphatic carbocycles. The highest BCUT2D eigenvalue weighted by molar-refractivity contribution is 5.74. The Bertz CT molecular complexity index is 156. The highest BCUT2D eigenvalue weighted by Crippen LogP contribution is 2.24. The van der Waals surface area contributed by atoms with Crippen LogP contribution in [0.5, 0.6) is 0 Å². The Morgan fingerprint density at radius 3 is 2.60 bits per heavy atom. The molecule has 10 heavy (non-hydrogen) atoms. The molecule has 0 radical (unpaired) electrons. The van der Waals surface area contributed by atoms with Crippen molar-refractivity contribution < 1.29 is 4.79 Å². The van der Waals surface area contributed by atoms with Gasteiger partial charge in [-0.15, -0.1) is 0 Å². The molecule has 0 aromatic heterocycles. The zero-order chi connectivity index (χ0) is 7.40. The van der Waals surface area contributed by atoms with Crippen LogP contribution in [0.2, 0.25) is 0 Å². The van der Waals surface area contributed by atoms with Crippen molar-refractivity contribution >= 4 is 6.29 Å². The Morgan fingerprint density at radius 2 is 2.10 bits per heavy atom. The maximum Gasteiger partial charge on any atom is 0.145 e. The standard InChI is InChI=1S/C9H14O/c1-2-8-5-3-4-6-9(8)7-10/h7H,2-6H2,1H3. The van der Waals surface area contributed by atoms with Crippen molar-refractivity contribution in [2.24, 2.45) is 0 Å². The molecule has 0 unspecified atom stereocenters. The number of rotatable bonds is 2. The second-order valence-electron chi connectivity index (χ2n) is 2.81. The summed E-state index contributed by atoms with van der Waals surface area (Å²) in [5.41, 5.74) is 2.47. The number of allylic oxidation sites excluding steroid dienone is 2. The Kier molecular flexibility index (Phi) is 2.67. The molecular weight excluding hydrogens is 124 g/mol. The van der Waals surface area contributed by atoms with E-state index in [-0.39, 0.29) is 0 Å². The van der Waals surface area contributed by atoms with Gasteiger partial charge in [0, 0.05) is 0 Å². The first kappa shape index (κ1) is 7.52. The smallest absolute Gasteiger partial charge is 0.145 e. The molecule has 0 atom stereocenters. The molecule has 56 valence electrons. The van der Waals surface area contributed by atoms with Gasteiger partial charge in [-0.1, -0.05) is 12.5 Å². The molecule has 1 heteroatoms. The average molecular weight is 138 g/mol. The Balaban J connectivity index is 2.72. The molecule has 0 aliphatic heterocycles. The van der Waals surface area contributed by atoms with Crippen molar-refractivity contribution in [2.75, 3.05) is 0 Å². The highest BCUT2D eigenvalue weighted by Gasteiger charge is 2.09. The summed E-state index contributed by atoms with van der Waals surface area (Å²) in [5, 5.41) is 0. The van der Waals surface area contributed by atoms with Gasteiger partial charge in [0.25, 0.3) is 0 Å². The Morgan fingerprint density at radius 1 is 1.40 bits per heavy atom. The predicted octanol–water partition coefficient (Wildman–Crippen LogP) is 2.47. The molecule has 0 aromatic carbocycles. The van der Waals surface area contributed by atoms with E-state index in [2.05, 4.69) is 6.92 Å². The minimum absolute atomic E-state index is 1.02. The predicted molar refractivity (Wildman–Crippen MR) is 41.8 cm³/mol. The van der Waals surface area contributed by atoms with Crippen LogP contribution in [-0.2, 0) is 4.79 Å². The summed E-state index contributed by atoms with van der Waals surface area (Å²) in [7, 11) is 0. The Labute approximate surface area is 62.1 Å². The van der Waals surface area contributed by atoms with E-state index in [4.69, 9.17) is 0 Å². The van der Waals surface area contributed by atoms with E-state index in [0.29, 0.717) is 0 Å². The third kappa shape index (κ3) is 1.47. The minimum Gasteiger partial charge on any atom is -0.298 e. The van der Waals surface area contributed by atoms with Crippen LogP contribution in [0.1, 0.15) is 39.0 Å². The molecule has 1 nitrogen and oxygen atoms in total. The zero-order valence-electron chi connectivity index (χ0n) is 6.52. The lowest BCUT2D eigenvalue weighted by Gasteiger charge is -2.14. The summed E-state index contributed by atoms with van der Waals surface area (Å²) in [4.78, 5) is 10.5. The molecule has 0 N–H and O–H groups in total. The van der Waals surface area contributed by atoms with Crippen LogP contribution < -0.4 is 0 Å². The van der Waals surface area contributed by atoms with Crippen LogP contribution in [-0.4, -0.2) is 6.29 Å². The summed E-state index contributed by atoms with van der Waals surface area (Å²) in [5.74, 6) is 0. The second-order valence-corrected chi connectivity index (χ2v) is 2.81. The molecule has 0 spiro atoms. The van der Waals surface area contributed by atoms with Crippen molar-refractivity contribution in [1.82, 2.24) is 0 Å². The van der Waals surface area contributed by atoms with Crippen LogP contribution in [0.3, 0.4) is 0 Å². The average Bonchev–Trinajstić information content (AvgIpc) is 2.04. The van der Waals surface area contributed by atoms with Gasteiger partial charge in [-0.05, 0) is 37.7 Å². The highest BCUT2D eigenvalue weighted by atomic mass is 16.1. The van der Waals surface area contributed by atoms with E-state index in [1.807, 2.05) is 0 Å². The number of carbonyl (C=O) groups is 1. The van der Waals surface area contributed by atoms with Crippen molar-refractivity contribution in [3.8, 4) is 0 Å². The van der Waals surface area contributed by atoms with E-state index in [9.17, 15) is 4.79 Å². The lowest BCUT2D eigenvalue weighted by molar-refractivity contribution is -0.105. The van der Waals surface area contributed by atoms with E-state index in [0.717, 1.165) is 31.1 Å². The van der Waals surface area contributed by atoms with Crippen LogP contribution >= 0.6 is 0 Å². The quantitative estimate of drug-likeness (QED) is 0.536. The van der Waals surface area contributed by atoms with Crippen LogP contribution in [0, 0.1) is 0 Å². The van der Waals surface area contributed by atoms with E-state index >= 15 is 0 Å². The van der Waals surface area contributed by atoms with Gasteiger partial charge in [-0.25, -0.2) is 0 Å². The molecule has 0 fully saturated rings. The summed E-state index contributed by atoms with van der Waals surface area (Å²) in [6.45, 7) is 2.13. The van der Waals surface area contributed by atoms with Gasteiger partial charge in [0.15, 0.2) is 0 Å². The van der Waals surface area contributed by atoms with Crippen LogP contribution in [0.4, 0.5) is 0 Å². The van der Waals surface area contributed by atoms with Crippen LogP contribution in [0.25, 0.3) is 0 Å². The van der Waals surface area contributed by atoms with Crippen molar-refractivity contribution in [2.45, 2.75) is 39.0 Å². The second kappa shape index (κ2) is 3.55. The lowest BCUT2D eigenvalue weighted by Crippen LogP contribution is -1.99. The van der Waals surface area contributed by atoms with Gasteiger partial charge in [0.2, 0.25) is 0 Å². The number of aldehydes is 1. The van der Waals surface area contributed by atoms with Gasteiger partial charge < -0.3 is 0 Å². The largest absolute Gasteiger partial charge is 0.298 e. The summed E-state index contributed by atoms with van der Waals surface area (Å²) >= 11 is 0. The van der Waals surface area contributed by atoms with Gasteiger partial charge >= 0.3 is 0 Å². The molecule has 0 saturated carbocycles. The molecule has 0 heterocycles. The number of hydrogen-bond acceptors (Lipinski definition) is 1. The maximum atomic E-state index is 10.5. The summed E-state index contributed by atoms with van der Waals surface area (Å²) in [6.07, 6.45) is 6.77. The number of carbonyl (C=O) groups excluding carboxylic acids is 1. The SMILES string of the molecule is CCC1=C(C=O)CCCC1. The van der Waals surface area contributed by atoms with Crippen LogP contribution in [0.15, 0.2) is 11.1 Å². The zero-order valence-corrected chi connectivity index (χ0v) is 6.52. The molecule has 0 amide bonds. The molecule has 1 aliphatic rings. The summed E-state index contributed by atoms with van der Waals surface area (Å²) < 4.78 is 0. The fraction of sp³-hybridized carbons (Fsp3) is 0.667.